The number of ether oxygens (including phenoxy) is 1. The van der Waals surface area contributed by atoms with E-state index in [0.29, 0.717) is 0 Å². The van der Waals surface area contributed by atoms with E-state index in [1.165, 1.54) is 50.5 Å². The van der Waals surface area contributed by atoms with Crippen LogP contribution < -0.4 is 5.73 Å². The predicted octanol–water partition coefficient (Wildman–Crippen LogP) is 3.55. The van der Waals surface area contributed by atoms with Gasteiger partial charge in [-0.2, -0.15) is 0 Å². The van der Waals surface area contributed by atoms with E-state index in [1.54, 1.807) is 0 Å². The van der Waals surface area contributed by atoms with Crippen LogP contribution in [-0.2, 0) is 4.74 Å². The summed E-state index contributed by atoms with van der Waals surface area (Å²) in [5, 5.41) is 0. The van der Waals surface area contributed by atoms with Gasteiger partial charge in [0.05, 0.1) is 11.6 Å². The van der Waals surface area contributed by atoms with Gasteiger partial charge < -0.3 is 10.5 Å². The molecular formula is C15H27NO. The zero-order valence-electron chi connectivity index (χ0n) is 11.2. The molecule has 1 fully saturated rings. The summed E-state index contributed by atoms with van der Waals surface area (Å²) >= 11 is 0. The van der Waals surface area contributed by atoms with Crippen LogP contribution in [0.3, 0.4) is 0 Å². The van der Waals surface area contributed by atoms with Gasteiger partial charge in [0.1, 0.15) is 0 Å². The summed E-state index contributed by atoms with van der Waals surface area (Å²) in [5.74, 6) is 0. The van der Waals surface area contributed by atoms with E-state index < -0.39 is 0 Å². The van der Waals surface area contributed by atoms with Crippen molar-refractivity contribution in [2.24, 2.45) is 5.73 Å². The predicted molar refractivity (Wildman–Crippen MR) is 72.0 cm³/mol. The molecule has 98 valence electrons. The summed E-state index contributed by atoms with van der Waals surface area (Å²) in [5.41, 5.74) is 7.97. The highest BCUT2D eigenvalue weighted by Gasteiger charge is 2.40. The molecule has 0 aromatic heterocycles. The van der Waals surface area contributed by atoms with Crippen molar-refractivity contribution < 1.29 is 4.74 Å². The van der Waals surface area contributed by atoms with Crippen LogP contribution in [-0.4, -0.2) is 18.2 Å². The average Bonchev–Trinajstić information content (AvgIpc) is 2.40. The third kappa shape index (κ3) is 2.92. The van der Waals surface area contributed by atoms with Gasteiger partial charge in [-0.25, -0.2) is 0 Å². The Kier molecular flexibility index (Phi) is 4.63. The molecule has 0 heterocycles. The van der Waals surface area contributed by atoms with Gasteiger partial charge in [0.2, 0.25) is 0 Å². The minimum Gasteiger partial charge on any atom is -0.373 e. The maximum absolute atomic E-state index is 6.55. The molecule has 0 amide bonds. The van der Waals surface area contributed by atoms with Crippen LogP contribution in [0.5, 0.6) is 0 Å². The normalized spacial score (nSPS) is 26.4. The highest BCUT2D eigenvalue weighted by molar-refractivity contribution is 5.19. The standard InChI is InChI=1S/C15H27NO/c1-2-17-15(11-7-4-8-12-15)14(16)13-9-5-3-6-10-13/h9,14H,2-8,10-12,16H2,1H3. The average molecular weight is 237 g/mol. The Morgan fingerprint density at radius 2 is 2.00 bits per heavy atom. The summed E-state index contributed by atoms with van der Waals surface area (Å²) in [6.45, 7) is 2.89. The monoisotopic (exact) mass is 237 g/mol. The van der Waals surface area contributed by atoms with Gasteiger partial charge >= 0.3 is 0 Å². The molecule has 1 unspecified atom stereocenters. The highest BCUT2D eigenvalue weighted by atomic mass is 16.5. The lowest BCUT2D eigenvalue weighted by Gasteiger charge is -2.43. The minimum absolute atomic E-state index is 0.0455. The van der Waals surface area contributed by atoms with E-state index in [9.17, 15) is 0 Å². The fourth-order valence-corrected chi connectivity index (χ4v) is 3.47. The second-order valence-electron chi connectivity index (χ2n) is 5.56. The van der Waals surface area contributed by atoms with Crippen molar-refractivity contribution in [2.75, 3.05) is 6.61 Å². The van der Waals surface area contributed by atoms with Crippen LogP contribution in [0.15, 0.2) is 11.6 Å². The fourth-order valence-electron chi connectivity index (χ4n) is 3.47. The number of hydrogen-bond donors (Lipinski definition) is 1. The molecule has 0 aromatic carbocycles. The lowest BCUT2D eigenvalue weighted by atomic mass is 9.75. The van der Waals surface area contributed by atoms with Crippen LogP contribution in [0.4, 0.5) is 0 Å². The maximum atomic E-state index is 6.55. The van der Waals surface area contributed by atoms with Gasteiger partial charge in [-0.05, 0) is 45.4 Å². The van der Waals surface area contributed by atoms with E-state index in [0.717, 1.165) is 19.4 Å². The summed E-state index contributed by atoms with van der Waals surface area (Å²) in [7, 11) is 0. The summed E-state index contributed by atoms with van der Waals surface area (Å²) in [6, 6.07) is 0.142. The Morgan fingerprint density at radius 1 is 1.24 bits per heavy atom. The molecule has 17 heavy (non-hydrogen) atoms. The SMILES string of the molecule is CCOC1(C(N)C2=CCCCC2)CCCCC1. The summed E-state index contributed by atoms with van der Waals surface area (Å²) < 4.78 is 6.12. The van der Waals surface area contributed by atoms with Gasteiger partial charge in [-0.3, -0.25) is 0 Å². The molecule has 2 rings (SSSR count). The molecule has 0 aromatic rings. The van der Waals surface area contributed by atoms with Crippen molar-refractivity contribution in [3.05, 3.63) is 11.6 Å². The number of nitrogens with two attached hydrogens (primary N) is 1. The van der Waals surface area contributed by atoms with Crippen molar-refractivity contribution in [1.29, 1.82) is 0 Å². The fraction of sp³-hybridized carbons (Fsp3) is 0.867. The number of hydrogen-bond acceptors (Lipinski definition) is 2. The molecule has 0 spiro atoms. The Morgan fingerprint density at radius 3 is 2.59 bits per heavy atom. The first-order valence-electron chi connectivity index (χ1n) is 7.37. The molecule has 0 aliphatic heterocycles. The van der Waals surface area contributed by atoms with E-state index in [2.05, 4.69) is 13.0 Å². The third-order valence-corrected chi connectivity index (χ3v) is 4.42. The Bertz CT molecular complexity index is 261. The molecule has 0 bridgehead atoms. The molecular weight excluding hydrogens is 210 g/mol. The third-order valence-electron chi connectivity index (χ3n) is 4.42. The minimum atomic E-state index is -0.0455. The molecule has 2 aliphatic rings. The van der Waals surface area contributed by atoms with Gasteiger partial charge in [0.15, 0.2) is 0 Å². The van der Waals surface area contributed by atoms with Gasteiger partial charge in [-0.15, -0.1) is 0 Å². The molecule has 2 aliphatic carbocycles. The van der Waals surface area contributed by atoms with Gasteiger partial charge in [0.25, 0.3) is 0 Å². The molecule has 0 radical (unpaired) electrons. The van der Waals surface area contributed by atoms with E-state index >= 15 is 0 Å². The molecule has 1 saturated carbocycles. The van der Waals surface area contributed by atoms with Gasteiger partial charge in [0, 0.05) is 6.61 Å². The summed E-state index contributed by atoms with van der Waals surface area (Å²) in [6.07, 6.45) is 13.6. The van der Waals surface area contributed by atoms with Crippen molar-refractivity contribution >= 4 is 0 Å². The van der Waals surface area contributed by atoms with Gasteiger partial charge in [-0.1, -0.05) is 30.9 Å². The van der Waals surface area contributed by atoms with Crippen LogP contribution in [0.1, 0.15) is 64.7 Å². The van der Waals surface area contributed by atoms with Crippen molar-refractivity contribution in [2.45, 2.75) is 76.4 Å². The quantitative estimate of drug-likeness (QED) is 0.759. The first-order chi connectivity index (χ1) is 8.28. The molecule has 0 saturated heterocycles. The molecule has 2 nitrogen and oxygen atoms in total. The maximum Gasteiger partial charge on any atom is 0.0870 e. The van der Waals surface area contributed by atoms with Crippen LogP contribution in [0, 0.1) is 0 Å². The topological polar surface area (TPSA) is 35.2 Å². The van der Waals surface area contributed by atoms with Crippen molar-refractivity contribution in [3.8, 4) is 0 Å². The zero-order chi connectivity index (χ0) is 12.1. The number of allylic oxidation sites excluding steroid dienone is 1. The van der Waals surface area contributed by atoms with Crippen LogP contribution >= 0.6 is 0 Å². The lowest BCUT2D eigenvalue weighted by molar-refractivity contribution is -0.0753. The second kappa shape index (κ2) is 6.01. The molecule has 1 atom stereocenters. The Labute approximate surface area is 106 Å². The lowest BCUT2D eigenvalue weighted by Crippen LogP contribution is -2.52. The van der Waals surface area contributed by atoms with Crippen molar-refractivity contribution in [1.82, 2.24) is 0 Å². The second-order valence-corrected chi connectivity index (χ2v) is 5.56. The first kappa shape index (κ1) is 13.1. The van der Waals surface area contributed by atoms with Crippen LogP contribution in [0.25, 0.3) is 0 Å². The first-order valence-corrected chi connectivity index (χ1v) is 7.37. The van der Waals surface area contributed by atoms with E-state index in [-0.39, 0.29) is 11.6 Å². The highest BCUT2D eigenvalue weighted by Crippen LogP contribution is 2.38. The molecule has 2 N–H and O–H groups in total. The van der Waals surface area contributed by atoms with Crippen LogP contribution in [0.2, 0.25) is 0 Å². The summed E-state index contributed by atoms with van der Waals surface area (Å²) in [4.78, 5) is 0. The van der Waals surface area contributed by atoms with E-state index in [1.807, 2.05) is 0 Å². The van der Waals surface area contributed by atoms with Crippen molar-refractivity contribution in [3.63, 3.8) is 0 Å². The number of rotatable bonds is 4. The van der Waals surface area contributed by atoms with E-state index in [4.69, 9.17) is 10.5 Å². The zero-order valence-corrected chi connectivity index (χ0v) is 11.2. The Hall–Kier alpha value is -0.340. The largest absolute Gasteiger partial charge is 0.373 e. The molecule has 2 heteroatoms. The smallest absolute Gasteiger partial charge is 0.0870 e. The Balaban J connectivity index is 2.10.